The van der Waals surface area contributed by atoms with Gasteiger partial charge in [0.1, 0.15) is 0 Å². The summed E-state index contributed by atoms with van der Waals surface area (Å²) in [6.45, 7) is 0. The Balaban J connectivity index is 2.10. The SMILES string of the molecule is O=C1C=C(c2ccccc2)N(c2ccccc2)C1=O. The van der Waals surface area contributed by atoms with Crippen LogP contribution >= 0.6 is 0 Å². The van der Waals surface area contributed by atoms with Gasteiger partial charge in [0.05, 0.1) is 5.70 Å². The van der Waals surface area contributed by atoms with Crippen molar-refractivity contribution in [2.24, 2.45) is 0 Å². The zero-order chi connectivity index (χ0) is 13.2. The second kappa shape index (κ2) is 4.53. The van der Waals surface area contributed by atoms with Gasteiger partial charge in [-0.25, -0.2) is 0 Å². The molecule has 3 heteroatoms. The second-order valence-corrected chi connectivity index (χ2v) is 4.24. The first-order chi connectivity index (χ1) is 9.27. The Bertz CT molecular complexity index is 660. The lowest BCUT2D eigenvalue weighted by atomic mass is 10.1. The molecule has 3 rings (SSSR count). The number of hydrogen-bond donors (Lipinski definition) is 0. The van der Waals surface area contributed by atoms with E-state index in [2.05, 4.69) is 0 Å². The van der Waals surface area contributed by atoms with Gasteiger partial charge in [-0.3, -0.25) is 14.5 Å². The van der Waals surface area contributed by atoms with Gasteiger partial charge >= 0.3 is 5.91 Å². The number of carbonyl (C=O) groups is 2. The van der Waals surface area contributed by atoms with Gasteiger partial charge in [0.2, 0.25) is 5.78 Å². The van der Waals surface area contributed by atoms with Gasteiger partial charge in [-0.1, -0.05) is 48.5 Å². The summed E-state index contributed by atoms with van der Waals surface area (Å²) in [6.07, 6.45) is 1.39. The normalized spacial score (nSPS) is 14.7. The number of hydrogen-bond acceptors (Lipinski definition) is 2. The van der Waals surface area contributed by atoms with E-state index in [-0.39, 0.29) is 0 Å². The Morgan fingerprint density at radius 1 is 0.737 bits per heavy atom. The van der Waals surface area contributed by atoms with Gasteiger partial charge in [-0.05, 0) is 17.7 Å². The van der Waals surface area contributed by atoms with Crippen LogP contribution in [0.4, 0.5) is 5.69 Å². The Morgan fingerprint density at radius 3 is 1.95 bits per heavy atom. The van der Waals surface area contributed by atoms with Crippen LogP contribution in [0.25, 0.3) is 5.70 Å². The maximum atomic E-state index is 12.0. The summed E-state index contributed by atoms with van der Waals surface area (Å²) in [6, 6.07) is 18.6. The molecule has 0 aliphatic carbocycles. The number of benzene rings is 2. The quantitative estimate of drug-likeness (QED) is 0.767. The molecule has 0 atom stereocenters. The van der Waals surface area contributed by atoms with Crippen LogP contribution in [0.5, 0.6) is 0 Å². The maximum Gasteiger partial charge on any atom is 0.303 e. The molecule has 1 aliphatic heterocycles. The van der Waals surface area contributed by atoms with Crippen LogP contribution < -0.4 is 4.90 Å². The van der Waals surface area contributed by atoms with Crippen molar-refractivity contribution >= 4 is 23.1 Å². The molecule has 3 nitrogen and oxygen atoms in total. The van der Waals surface area contributed by atoms with Crippen molar-refractivity contribution in [3.63, 3.8) is 0 Å². The van der Waals surface area contributed by atoms with Gasteiger partial charge < -0.3 is 0 Å². The number of amides is 1. The molecule has 92 valence electrons. The van der Waals surface area contributed by atoms with Crippen LogP contribution in [0.2, 0.25) is 0 Å². The lowest BCUT2D eigenvalue weighted by molar-refractivity contribution is -0.132. The average molecular weight is 249 g/mol. The number of anilines is 1. The monoisotopic (exact) mass is 249 g/mol. The first-order valence-electron chi connectivity index (χ1n) is 5.98. The third-order valence-corrected chi connectivity index (χ3v) is 3.01. The van der Waals surface area contributed by atoms with Crippen molar-refractivity contribution in [1.29, 1.82) is 0 Å². The molecule has 0 fully saturated rings. The van der Waals surface area contributed by atoms with Crippen LogP contribution in [0.15, 0.2) is 66.7 Å². The first kappa shape index (κ1) is 11.4. The molecular weight excluding hydrogens is 238 g/mol. The molecule has 1 aliphatic rings. The van der Waals surface area contributed by atoms with Crippen molar-refractivity contribution in [3.05, 3.63) is 72.3 Å². The summed E-state index contributed by atoms with van der Waals surface area (Å²) in [5.41, 5.74) is 2.18. The summed E-state index contributed by atoms with van der Waals surface area (Å²) in [5.74, 6) is -0.993. The Morgan fingerprint density at radius 2 is 1.32 bits per heavy atom. The third-order valence-electron chi connectivity index (χ3n) is 3.01. The fraction of sp³-hybridized carbons (Fsp3) is 0. The highest BCUT2D eigenvalue weighted by Crippen LogP contribution is 2.30. The summed E-state index contributed by atoms with van der Waals surface area (Å²) in [4.78, 5) is 25.1. The molecule has 0 bridgehead atoms. The zero-order valence-corrected chi connectivity index (χ0v) is 10.1. The number of carbonyl (C=O) groups excluding carboxylic acids is 2. The van der Waals surface area contributed by atoms with Crippen LogP contribution in [0.1, 0.15) is 5.56 Å². The number of nitrogens with zero attached hydrogens (tertiary/aromatic N) is 1. The molecule has 0 unspecified atom stereocenters. The van der Waals surface area contributed by atoms with Crippen LogP contribution in [0.3, 0.4) is 0 Å². The van der Waals surface area contributed by atoms with E-state index in [0.29, 0.717) is 11.4 Å². The number of ketones is 1. The van der Waals surface area contributed by atoms with E-state index in [1.54, 1.807) is 0 Å². The summed E-state index contributed by atoms with van der Waals surface area (Å²) in [5, 5.41) is 0. The van der Waals surface area contributed by atoms with E-state index in [9.17, 15) is 9.59 Å². The molecule has 0 spiro atoms. The fourth-order valence-electron chi connectivity index (χ4n) is 2.12. The minimum Gasteiger partial charge on any atom is -0.284 e. The minimum absolute atomic E-state index is 0.484. The van der Waals surface area contributed by atoms with Crippen molar-refractivity contribution in [2.45, 2.75) is 0 Å². The van der Waals surface area contributed by atoms with E-state index in [0.717, 1.165) is 5.56 Å². The molecule has 1 amide bonds. The molecule has 0 saturated heterocycles. The van der Waals surface area contributed by atoms with Crippen molar-refractivity contribution in [2.75, 3.05) is 4.90 Å². The van der Waals surface area contributed by atoms with E-state index in [1.165, 1.54) is 11.0 Å². The predicted octanol–water partition coefficient (Wildman–Crippen LogP) is 2.64. The molecule has 0 aromatic heterocycles. The number of rotatable bonds is 2. The van der Waals surface area contributed by atoms with Gasteiger partial charge in [0.25, 0.3) is 0 Å². The van der Waals surface area contributed by atoms with E-state index in [1.807, 2.05) is 60.7 Å². The maximum absolute atomic E-state index is 12.0. The Kier molecular flexibility index (Phi) is 2.72. The fourth-order valence-corrected chi connectivity index (χ4v) is 2.12. The van der Waals surface area contributed by atoms with E-state index >= 15 is 0 Å². The zero-order valence-electron chi connectivity index (χ0n) is 10.1. The molecule has 1 heterocycles. The van der Waals surface area contributed by atoms with Crippen LogP contribution in [0, 0.1) is 0 Å². The van der Waals surface area contributed by atoms with Gasteiger partial charge in [0, 0.05) is 11.8 Å². The minimum atomic E-state index is -0.509. The number of para-hydroxylation sites is 1. The molecule has 2 aromatic carbocycles. The van der Waals surface area contributed by atoms with Crippen LogP contribution in [-0.2, 0) is 9.59 Å². The van der Waals surface area contributed by atoms with Gasteiger partial charge in [0.15, 0.2) is 0 Å². The highest BCUT2D eigenvalue weighted by atomic mass is 16.2. The second-order valence-electron chi connectivity index (χ2n) is 4.24. The lowest BCUT2D eigenvalue weighted by Gasteiger charge is -2.19. The van der Waals surface area contributed by atoms with Crippen LogP contribution in [-0.4, -0.2) is 11.7 Å². The van der Waals surface area contributed by atoms with Crippen molar-refractivity contribution < 1.29 is 9.59 Å². The first-order valence-corrected chi connectivity index (χ1v) is 5.98. The van der Waals surface area contributed by atoms with Gasteiger partial charge in [-0.15, -0.1) is 0 Å². The molecule has 19 heavy (non-hydrogen) atoms. The molecule has 2 aromatic rings. The Labute approximate surface area is 110 Å². The van der Waals surface area contributed by atoms with E-state index < -0.39 is 11.7 Å². The smallest absolute Gasteiger partial charge is 0.284 e. The van der Waals surface area contributed by atoms with Crippen molar-refractivity contribution in [1.82, 2.24) is 0 Å². The Hall–Kier alpha value is -2.68. The topological polar surface area (TPSA) is 37.4 Å². The van der Waals surface area contributed by atoms with Gasteiger partial charge in [-0.2, -0.15) is 0 Å². The highest BCUT2D eigenvalue weighted by Gasteiger charge is 2.32. The molecular formula is C16H11NO2. The molecule has 0 radical (unpaired) electrons. The molecule has 0 N–H and O–H groups in total. The standard InChI is InChI=1S/C16H11NO2/c18-15-11-14(12-7-3-1-4-8-12)17(16(15)19)13-9-5-2-6-10-13/h1-11H. The van der Waals surface area contributed by atoms with Crippen molar-refractivity contribution in [3.8, 4) is 0 Å². The summed E-state index contributed by atoms with van der Waals surface area (Å²) >= 11 is 0. The average Bonchev–Trinajstić information content (AvgIpc) is 2.77. The van der Waals surface area contributed by atoms with E-state index in [4.69, 9.17) is 0 Å². The highest BCUT2D eigenvalue weighted by molar-refractivity contribution is 6.52. The predicted molar refractivity (Wildman–Crippen MR) is 73.4 cm³/mol. The molecule has 0 saturated carbocycles. The summed E-state index contributed by atoms with van der Waals surface area (Å²) in [7, 11) is 0. The largest absolute Gasteiger partial charge is 0.303 e. The lowest BCUT2D eigenvalue weighted by Crippen LogP contribution is -2.27. The third kappa shape index (κ3) is 1.95. The summed E-state index contributed by atoms with van der Waals surface area (Å²) < 4.78 is 0.